The van der Waals surface area contributed by atoms with E-state index in [1.165, 1.54) is 51.4 Å². The van der Waals surface area contributed by atoms with Crippen LogP contribution >= 0.6 is 0 Å². The highest BCUT2D eigenvalue weighted by Crippen LogP contribution is 2.60. The van der Waals surface area contributed by atoms with Crippen molar-refractivity contribution in [1.82, 2.24) is 4.90 Å². The van der Waals surface area contributed by atoms with Crippen molar-refractivity contribution < 1.29 is 0 Å². The van der Waals surface area contributed by atoms with Crippen LogP contribution in [0.25, 0.3) is 0 Å². The molecule has 4 aliphatic carbocycles. The van der Waals surface area contributed by atoms with Crippen LogP contribution in [0.2, 0.25) is 0 Å². The number of nitrogens with one attached hydrogen (secondary N) is 1. The number of nitrogen functional groups attached to an aromatic ring is 1. The van der Waals surface area contributed by atoms with Gasteiger partial charge in [0, 0.05) is 23.7 Å². The van der Waals surface area contributed by atoms with Gasteiger partial charge in [0.15, 0.2) is 0 Å². The number of para-hydroxylation sites is 2. The van der Waals surface area contributed by atoms with Gasteiger partial charge in [0.25, 0.3) is 0 Å². The molecule has 2 aliphatic heterocycles. The highest BCUT2D eigenvalue weighted by molar-refractivity contribution is 5.66. The topological polar surface area (TPSA) is 41.3 Å². The van der Waals surface area contributed by atoms with Crippen LogP contribution in [0.15, 0.2) is 24.3 Å². The van der Waals surface area contributed by atoms with E-state index in [-0.39, 0.29) is 0 Å². The summed E-state index contributed by atoms with van der Waals surface area (Å²) >= 11 is 0. The molecule has 3 N–H and O–H groups in total. The van der Waals surface area contributed by atoms with Gasteiger partial charge in [-0.05, 0) is 94.1 Å². The number of hydrogen-bond donors (Lipinski definition) is 2. The number of anilines is 2. The number of nitrogens with zero attached hydrogens (tertiary/aromatic N) is 1. The van der Waals surface area contributed by atoms with E-state index in [1.54, 1.807) is 19.3 Å². The third-order valence-corrected chi connectivity index (χ3v) is 8.85. The fourth-order valence-corrected chi connectivity index (χ4v) is 8.50. The third-order valence-electron chi connectivity index (χ3n) is 8.85. The summed E-state index contributed by atoms with van der Waals surface area (Å²) < 4.78 is 0. The molecule has 0 amide bonds. The Hall–Kier alpha value is -1.22. The fourth-order valence-electron chi connectivity index (χ4n) is 8.50. The van der Waals surface area contributed by atoms with E-state index in [1.807, 2.05) is 12.1 Å². The average Bonchev–Trinajstić information content (AvgIpc) is 2.62. The van der Waals surface area contributed by atoms with Crippen LogP contribution in [0.3, 0.4) is 0 Å². The molecule has 6 bridgehead atoms. The first-order valence-corrected chi connectivity index (χ1v) is 11.6. The van der Waals surface area contributed by atoms with E-state index in [4.69, 9.17) is 5.73 Å². The lowest BCUT2D eigenvalue weighted by atomic mass is 9.51. The minimum absolute atomic E-state index is 0.585. The zero-order valence-electron chi connectivity index (χ0n) is 16.6. The van der Waals surface area contributed by atoms with Crippen LogP contribution in [0, 0.1) is 17.8 Å². The largest absolute Gasteiger partial charge is 0.397 e. The van der Waals surface area contributed by atoms with Crippen LogP contribution in [0.5, 0.6) is 0 Å². The second kappa shape index (κ2) is 6.14. The molecule has 0 spiro atoms. The average molecular weight is 366 g/mol. The quantitative estimate of drug-likeness (QED) is 0.738. The van der Waals surface area contributed by atoms with E-state index in [0.717, 1.165) is 41.2 Å². The molecule has 0 radical (unpaired) electrons. The van der Waals surface area contributed by atoms with Crippen molar-refractivity contribution in [3.63, 3.8) is 0 Å². The number of hydrogen-bond acceptors (Lipinski definition) is 3. The molecule has 1 aromatic rings. The van der Waals surface area contributed by atoms with Gasteiger partial charge in [-0.1, -0.05) is 18.6 Å². The van der Waals surface area contributed by atoms with E-state index >= 15 is 0 Å². The Morgan fingerprint density at radius 1 is 0.852 bits per heavy atom. The van der Waals surface area contributed by atoms with Gasteiger partial charge >= 0.3 is 0 Å². The lowest BCUT2D eigenvalue weighted by Crippen LogP contribution is -2.68. The highest BCUT2D eigenvalue weighted by Gasteiger charge is 2.57. The summed E-state index contributed by atoms with van der Waals surface area (Å²) in [6, 6.07) is 10.5. The Morgan fingerprint density at radius 2 is 1.44 bits per heavy atom. The number of piperidine rings is 2. The highest BCUT2D eigenvalue weighted by atomic mass is 15.3. The van der Waals surface area contributed by atoms with E-state index in [0.29, 0.717) is 11.6 Å². The lowest BCUT2D eigenvalue weighted by molar-refractivity contribution is -0.146. The second-order valence-electron chi connectivity index (χ2n) is 10.7. The Balaban J connectivity index is 1.24. The van der Waals surface area contributed by atoms with Gasteiger partial charge in [0.1, 0.15) is 0 Å². The van der Waals surface area contributed by atoms with Crippen molar-refractivity contribution in [2.24, 2.45) is 17.8 Å². The third kappa shape index (κ3) is 2.72. The monoisotopic (exact) mass is 365 g/mol. The zero-order valence-corrected chi connectivity index (χ0v) is 16.6. The Bertz CT molecular complexity index is 664. The maximum Gasteiger partial charge on any atom is 0.0576 e. The van der Waals surface area contributed by atoms with Crippen LogP contribution in [0.4, 0.5) is 11.4 Å². The summed E-state index contributed by atoms with van der Waals surface area (Å²) in [6.07, 6.45) is 16.1. The standard InChI is InChI=1S/C24H35N3/c25-22-6-1-2-7-23(22)26-19-11-20-4-3-5-21(12-19)27(20)24-13-16-8-17(14-24)10-18(9-16)15-24/h1-2,6-7,16-21,26H,3-5,8-15,25H2/t16?,17?,18?,19?,20-,21+,24?. The van der Waals surface area contributed by atoms with Crippen LogP contribution < -0.4 is 11.1 Å². The molecule has 3 atom stereocenters. The maximum atomic E-state index is 6.21. The number of fused-ring (bicyclic) bond motifs is 2. The second-order valence-corrected chi connectivity index (χ2v) is 10.7. The molecule has 2 heterocycles. The summed E-state index contributed by atoms with van der Waals surface area (Å²) in [5.41, 5.74) is 8.83. The lowest BCUT2D eigenvalue weighted by Gasteiger charge is -2.66. The minimum Gasteiger partial charge on any atom is -0.397 e. The molecule has 146 valence electrons. The van der Waals surface area contributed by atoms with Gasteiger partial charge < -0.3 is 11.1 Å². The molecule has 7 rings (SSSR count). The number of nitrogens with two attached hydrogens (primary N) is 1. The molecule has 6 fully saturated rings. The van der Waals surface area contributed by atoms with Gasteiger partial charge in [-0.2, -0.15) is 0 Å². The molecular formula is C24H35N3. The molecule has 2 saturated heterocycles. The molecule has 1 aromatic carbocycles. The number of rotatable bonds is 3. The van der Waals surface area contributed by atoms with Gasteiger partial charge in [-0.15, -0.1) is 0 Å². The smallest absolute Gasteiger partial charge is 0.0576 e. The van der Waals surface area contributed by atoms with Gasteiger partial charge in [-0.25, -0.2) is 0 Å². The summed E-state index contributed by atoms with van der Waals surface area (Å²) in [5.74, 6) is 3.16. The fraction of sp³-hybridized carbons (Fsp3) is 0.750. The minimum atomic E-state index is 0.585. The number of benzene rings is 1. The normalized spacial score (nSPS) is 45.8. The van der Waals surface area contributed by atoms with E-state index in [2.05, 4.69) is 22.3 Å². The molecule has 6 aliphatic rings. The molecule has 27 heavy (non-hydrogen) atoms. The van der Waals surface area contributed by atoms with E-state index in [9.17, 15) is 0 Å². The van der Waals surface area contributed by atoms with Crippen molar-refractivity contribution in [3.05, 3.63) is 24.3 Å². The van der Waals surface area contributed by atoms with Crippen molar-refractivity contribution >= 4 is 11.4 Å². The van der Waals surface area contributed by atoms with Crippen molar-refractivity contribution in [2.45, 2.75) is 94.3 Å². The first-order chi connectivity index (χ1) is 13.2. The first kappa shape index (κ1) is 16.7. The molecule has 0 aromatic heterocycles. The predicted molar refractivity (Wildman–Crippen MR) is 112 cm³/mol. The predicted octanol–water partition coefficient (Wildman–Crippen LogP) is 5.04. The summed E-state index contributed by atoms with van der Waals surface area (Å²) in [6.45, 7) is 0. The molecule has 3 nitrogen and oxygen atoms in total. The molecular weight excluding hydrogens is 330 g/mol. The Kier molecular flexibility index (Phi) is 3.80. The molecule has 4 saturated carbocycles. The van der Waals surface area contributed by atoms with Crippen LogP contribution in [-0.2, 0) is 0 Å². The van der Waals surface area contributed by atoms with Crippen molar-refractivity contribution in [1.29, 1.82) is 0 Å². The summed E-state index contributed by atoms with van der Waals surface area (Å²) in [5, 5.41) is 3.82. The Labute approximate surface area is 164 Å². The Morgan fingerprint density at radius 3 is 2.04 bits per heavy atom. The van der Waals surface area contributed by atoms with Gasteiger partial charge in [0.2, 0.25) is 0 Å². The summed E-state index contributed by atoms with van der Waals surface area (Å²) in [7, 11) is 0. The zero-order chi connectivity index (χ0) is 18.0. The van der Waals surface area contributed by atoms with Crippen LogP contribution in [-0.4, -0.2) is 28.6 Å². The SMILES string of the molecule is Nc1ccccc1NC1C[C@H]2CCC[C@@H](C1)N2C12CC3CC(CC(C3)C1)C2. The van der Waals surface area contributed by atoms with Crippen molar-refractivity contribution in [3.8, 4) is 0 Å². The van der Waals surface area contributed by atoms with Gasteiger partial charge in [0.05, 0.1) is 11.4 Å². The molecule has 1 unspecified atom stereocenters. The van der Waals surface area contributed by atoms with E-state index < -0.39 is 0 Å². The van der Waals surface area contributed by atoms with Crippen LogP contribution in [0.1, 0.15) is 70.6 Å². The maximum absolute atomic E-state index is 6.21. The first-order valence-electron chi connectivity index (χ1n) is 11.6. The summed E-state index contributed by atoms with van der Waals surface area (Å²) in [4.78, 5) is 3.13. The molecule has 3 heteroatoms. The van der Waals surface area contributed by atoms with Crippen molar-refractivity contribution in [2.75, 3.05) is 11.1 Å². The van der Waals surface area contributed by atoms with Gasteiger partial charge in [-0.3, -0.25) is 4.90 Å².